The minimum absolute atomic E-state index is 1.08. The Morgan fingerprint density at radius 2 is 1.09 bits per heavy atom. The van der Waals surface area contributed by atoms with Crippen molar-refractivity contribution >= 4 is 26.4 Å². The maximum absolute atomic E-state index is 10.3. The second-order valence-electron chi connectivity index (χ2n) is 6.59. The Morgan fingerprint density at radius 3 is 1.30 bits per heavy atom. The molecule has 0 atom stereocenters. The molecular formula is C16H42O4Si3. The molecule has 0 aromatic rings. The molecule has 142 valence electrons. The van der Waals surface area contributed by atoms with Gasteiger partial charge < -0.3 is 18.1 Å². The molecule has 0 amide bonds. The first-order valence-corrected chi connectivity index (χ1v) is 17.3. The van der Waals surface area contributed by atoms with Crippen molar-refractivity contribution in [1.29, 1.82) is 0 Å². The summed E-state index contributed by atoms with van der Waals surface area (Å²) in [6.45, 7) is 6.32. The van der Waals surface area contributed by atoms with Gasteiger partial charge in [0.1, 0.15) is 0 Å². The van der Waals surface area contributed by atoms with Gasteiger partial charge in [-0.25, -0.2) is 0 Å². The van der Waals surface area contributed by atoms with E-state index in [9.17, 15) is 4.80 Å². The van der Waals surface area contributed by atoms with Crippen LogP contribution in [0, 0.1) is 0 Å². The molecule has 0 aromatic heterocycles. The average Bonchev–Trinajstić information content (AvgIpc) is 2.55. The molecule has 0 aliphatic rings. The first-order valence-electron chi connectivity index (χ1n) is 9.18. The summed E-state index contributed by atoms with van der Waals surface area (Å²) in [4.78, 5) is 10.3. The minimum atomic E-state index is -2.17. The summed E-state index contributed by atoms with van der Waals surface area (Å²) in [5, 5.41) is 0. The molecule has 0 unspecified atom stereocenters. The van der Waals surface area contributed by atoms with Crippen LogP contribution in [0.4, 0.5) is 0 Å². The molecule has 0 bridgehead atoms. The van der Waals surface area contributed by atoms with Crippen molar-refractivity contribution in [3.63, 3.8) is 0 Å². The minimum Gasteiger partial charge on any atom is -0.435 e. The van der Waals surface area contributed by atoms with Gasteiger partial charge in [0.15, 0.2) is 7.83 Å². The van der Waals surface area contributed by atoms with Gasteiger partial charge in [0.2, 0.25) is 0 Å². The molecule has 23 heavy (non-hydrogen) atoms. The standard InChI is InChI=1S/C12H30OSi2.C4H12O3Si/c1-3-5-7-9-11-15(13,14)12-10-8-6-4-2;1-5-8(4,6-2)7-3/h13H,3-12H2,1-2,14H3;1-4H3. The van der Waals surface area contributed by atoms with Gasteiger partial charge >= 0.3 is 8.80 Å². The zero-order valence-corrected chi connectivity index (χ0v) is 20.7. The Balaban J connectivity index is 0. The van der Waals surface area contributed by atoms with Crippen LogP contribution in [0.1, 0.15) is 65.2 Å². The smallest absolute Gasteiger partial charge is 0.435 e. The van der Waals surface area contributed by atoms with E-state index in [0.29, 0.717) is 0 Å². The van der Waals surface area contributed by atoms with Gasteiger partial charge in [0.05, 0.1) is 0 Å². The molecule has 0 saturated heterocycles. The third-order valence-electron chi connectivity index (χ3n) is 4.25. The topological polar surface area (TPSA) is 47.9 Å². The molecule has 0 radical (unpaired) electrons. The van der Waals surface area contributed by atoms with Crippen LogP contribution < -0.4 is 0 Å². The van der Waals surface area contributed by atoms with Gasteiger partial charge in [-0.2, -0.15) is 0 Å². The van der Waals surface area contributed by atoms with E-state index in [1.165, 1.54) is 63.5 Å². The predicted molar refractivity (Wildman–Crippen MR) is 108 cm³/mol. The Kier molecular flexibility index (Phi) is 17.9. The molecule has 0 fully saturated rings. The van der Waals surface area contributed by atoms with Crippen molar-refractivity contribution in [2.75, 3.05) is 21.3 Å². The highest BCUT2D eigenvalue weighted by Gasteiger charge is 2.29. The average molecular weight is 383 g/mol. The van der Waals surface area contributed by atoms with Gasteiger partial charge in [-0.15, -0.1) is 0 Å². The second-order valence-corrected chi connectivity index (χ2v) is 19.1. The molecule has 7 heteroatoms. The van der Waals surface area contributed by atoms with Crippen molar-refractivity contribution < 1.29 is 18.1 Å². The monoisotopic (exact) mass is 382 g/mol. The molecule has 0 saturated carbocycles. The lowest BCUT2D eigenvalue weighted by atomic mass is 10.2. The number of hydrogen-bond acceptors (Lipinski definition) is 4. The molecule has 0 spiro atoms. The van der Waals surface area contributed by atoms with E-state index in [1.807, 2.05) is 6.55 Å². The van der Waals surface area contributed by atoms with Crippen LogP contribution in [0.15, 0.2) is 0 Å². The van der Waals surface area contributed by atoms with Crippen LogP contribution in [0.25, 0.3) is 0 Å². The third kappa shape index (κ3) is 17.1. The van der Waals surface area contributed by atoms with Crippen molar-refractivity contribution in [1.82, 2.24) is 0 Å². The van der Waals surface area contributed by atoms with Crippen LogP contribution in [0.3, 0.4) is 0 Å². The Morgan fingerprint density at radius 1 is 0.739 bits per heavy atom. The molecule has 0 rings (SSSR count). The highest BCUT2D eigenvalue weighted by Crippen LogP contribution is 2.17. The van der Waals surface area contributed by atoms with Crippen molar-refractivity contribution in [3.8, 4) is 0 Å². The Labute approximate surface area is 150 Å². The van der Waals surface area contributed by atoms with Crippen LogP contribution in [0.2, 0.25) is 18.6 Å². The largest absolute Gasteiger partial charge is 0.496 e. The van der Waals surface area contributed by atoms with Crippen LogP contribution in [-0.2, 0) is 13.3 Å². The fourth-order valence-electron chi connectivity index (χ4n) is 2.24. The zero-order valence-electron chi connectivity index (χ0n) is 16.7. The molecule has 0 aromatic carbocycles. The Hall–Kier alpha value is 0.491. The van der Waals surface area contributed by atoms with E-state index in [4.69, 9.17) is 13.3 Å². The fourth-order valence-corrected chi connectivity index (χ4v) is 7.13. The summed E-state index contributed by atoms with van der Waals surface area (Å²) < 4.78 is 14.8. The fraction of sp³-hybridized carbons (Fsp3) is 1.00. The molecule has 4 nitrogen and oxygen atoms in total. The number of unbranched alkanes of at least 4 members (excludes halogenated alkanes) is 6. The molecule has 0 heterocycles. The van der Waals surface area contributed by atoms with Crippen molar-refractivity contribution in [2.24, 2.45) is 0 Å². The summed E-state index contributed by atoms with van der Waals surface area (Å²) in [6, 6.07) is 2.37. The molecule has 0 aliphatic carbocycles. The maximum atomic E-state index is 10.3. The SMILES string of the molecule is CCCCCC[Si](O)([SiH3])CCCCCC.CO[Si](C)(OC)OC. The third-order valence-corrected chi connectivity index (χ3v) is 12.3. The lowest BCUT2D eigenvalue weighted by molar-refractivity contribution is 0.132. The first-order chi connectivity index (χ1) is 10.8. The predicted octanol–water partition coefficient (Wildman–Crippen LogP) is 3.44. The lowest BCUT2D eigenvalue weighted by Crippen LogP contribution is -2.38. The maximum Gasteiger partial charge on any atom is 0.496 e. The van der Waals surface area contributed by atoms with Gasteiger partial charge in [0.25, 0.3) is 0 Å². The van der Waals surface area contributed by atoms with E-state index in [-0.39, 0.29) is 0 Å². The highest BCUT2D eigenvalue weighted by atomic mass is 29.2. The van der Waals surface area contributed by atoms with Gasteiger partial charge in [-0.1, -0.05) is 65.2 Å². The van der Waals surface area contributed by atoms with E-state index in [1.54, 1.807) is 21.3 Å². The van der Waals surface area contributed by atoms with Gasteiger partial charge in [0, 0.05) is 37.6 Å². The summed E-state index contributed by atoms with van der Waals surface area (Å²) in [5.41, 5.74) is 0. The van der Waals surface area contributed by atoms with Crippen molar-refractivity contribution in [2.45, 2.75) is 83.8 Å². The van der Waals surface area contributed by atoms with Crippen molar-refractivity contribution in [3.05, 3.63) is 0 Å². The lowest BCUT2D eigenvalue weighted by Gasteiger charge is -2.20. The quantitative estimate of drug-likeness (QED) is 0.391. The summed E-state index contributed by atoms with van der Waals surface area (Å²) in [7, 11) is 1.99. The molecular weight excluding hydrogens is 340 g/mol. The normalized spacial score (nSPS) is 12.1. The highest BCUT2D eigenvalue weighted by molar-refractivity contribution is 7.12. The molecule has 1 N–H and O–H groups in total. The van der Waals surface area contributed by atoms with Crippen LogP contribution in [-0.4, -0.2) is 52.5 Å². The summed E-state index contributed by atoms with van der Waals surface area (Å²) in [6.07, 6.45) is 10.5. The first kappa shape index (κ1) is 25.7. The second kappa shape index (κ2) is 16.0. The van der Waals surface area contributed by atoms with Crippen LogP contribution >= 0.6 is 0 Å². The van der Waals surface area contributed by atoms with E-state index in [2.05, 4.69) is 13.8 Å². The molecule has 0 aliphatic heterocycles. The van der Waals surface area contributed by atoms with Gasteiger partial charge in [-0.05, 0) is 12.1 Å². The number of hydrogen-bond donors (Lipinski definition) is 1. The van der Waals surface area contributed by atoms with E-state index >= 15 is 0 Å². The summed E-state index contributed by atoms with van der Waals surface area (Å²) in [5.74, 6) is 0. The van der Waals surface area contributed by atoms with E-state index < -0.39 is 16.6 Å². The Bertz CT molecular complexity index is 227. The van der Waals surface area contributed by atoms with Gasteiger partial charge in [-0.3, -0.25) is 0 Å². The van der Waals surface area contributed by atoms with E-state index in [0.717, 1.165) is 9.76 Å². The van der Waals surface area contributed by atoms with Crippen LogP contribution in [0.5, 0.6) is 0 Å². The summed E-state index contributed by atoms with van der Waals surface area (Å²) >= 11 is 0. The number of rotatable bonds is 13. The zero-order chi connectivity index (χ0) is 18.2.